The summed E-state index contributed by atoms with van der Waals surface area (Å²) in [4.78, 5) is 12.1. The number of nitrogens with zero attached hydrogens (tertiary/aromatic N) is 1. The molecule has 0 spiro atoms. The van der Waals surface area contributed by atoms with Crippen molar-refractivity contribution in [3.05, 3.63) is 0 Å². The highest BCUT2D eigenvalue weighted by Gasteiger charge is 2.33. The monoisotopic (exact) mass is 173 g/mol. The molecule has 1 aliphatic rings. The van der Waals surface area contributed by atoms with Crippen molar-refractivity contribution in [3.63, 3.8) is 0 Å². The van der Waals surface area contributed by atoms with Crippen molar-refractivity contribution in [1.82, 2.24) is 4.81 Å². The van der Waals surface area contributed by atoms with Gasteiger partial charge in [-0.3, -0.25) is 4.79 Å². The van der Waals surface area contributed by atoms with Crippen LogP contribution in [0.2, 0.25) is 6.82 Å². The van der Waals surface area contributed by atoms with Crippen LogP contribution in [0.3, 0.4) is 0 Å². The molecule has 0 amide bonds. The number of morpholine rings is 1. The molecule has 1 heterocycles. The number of aliphatic carboxylic acids is 1. The van der Waals surface area contributed by atoms with Crippen LogP contribution in [0, 0.1) is 0 Å². The van der Waals surface area contributed by atoms with E-state index in [1.165, 1.54) is 4.81 Å². The lowest BCUT2D eigenvalue weighted by Crippen LogP contribution is -2.55. The van der Waals surface area contributed by atoms with E-state index in [4.69, 9.17) is 9.84 Å². The van der Waals surface area contributed by atoms with Gasteiger partial charge >= 0.3 is 13.0 Å². The van der Waals surface area contributed by atoms with Gasteiger partial charge in [0.05, 0.1) is 13.2 Å². The molecule has 0 unspecified atom stereocenters. The summed E-state index contributed by atoms with van der Waals surface area (Å²) >= 11 is 0. The molecule has 1 aliphatic heterocycles. The molecule has 1 saturated heterocycles. The summed E-state index contributed by atoms with van der Waals surface area (Å²) in [6.45, 7) is 2.66. The van der Waals surface area contributed by atoms with Crippen LogP contribution < -0.4 is 0 Å². The molecule has 6 heteroatoms. The first-order valence-corrected chi connectivity index (χ1v) is 3.87. The predicted octanol–water partition coefficient (Wildman–Crippen LogP) is -1.12. The Morgan fingerprint density at radius 3 is 2.83 bits per heavy atom. The van der Waals surface area contributed by atoms with Crippen LogP contribution in [0.15, 0.2) is 0 Å². The molecule has 1 rings (SSSR count). The SMILES string of the molecule is CB(O)N1CCOC[C@H]1C(=O)O. The number of rotatable bonds is 2. The largest absolute Gasteiger partial charge is 0.480 e. The van der Waals surface area contributed by atoms with Gasteiger partial charge in [-0.2, -0.15) is 0 Å². The molecule has 0 radical (unpaired) electrons. The standard InChI is InChI=1S/C6H12BNO4/c1-7(11)8-2-3-12-4-5(8)6(9)10/h5,11H,2-4H2,1H3,(H,9,10)/t5-/m0/s1. The molecular weight excluding hydrogens is 161 g/mol. The minimum Gasteiger partial charge on any atom is -0.480 e. The normalized spacial score (nSPS) is 25.3. The fourth-order valence-electron chi connectivity index (χ4n) is 1.28. The van der Waals surface area contributed by atoms with Gasteiger partial charge in [0, 0.05) is 6.54 Å². The second-order valence-electron chi connectivity index (χ2n) is 2.80. The Morgan fingerprint density at radius 1 is 1.75 bits per heavy atom. The van der Waals surface area contributed by atoms with E-state index >= 15 is 0 Å². The molecule has 0 aromatic carbocycles. The summed E-state index contributed by atoms with van der Waals surface area (Å²) in [5, 5.41) is 17.9. The van der Waals surface area contributed by atoms with Gasteiger partial charge in [-0.1, -0.05) is 0 Å². The van der Waals surface area contributed by atoms with E-state index in [1.807, 2.05) is 0 Å². The highest BCUT2D eigenvalue weighted by atomic mass is 16.5. The van der Waals surface area contributed by atoms with Gasteiger partial charge in [-0.25, -0.2) is 0 Å². The van der Waals surface area contributed by atoms with Crippen LogP contribution in [0.4, 0.5) is 0 Å². The van der Waals surface area contributed by atoms with Crippen molar-refractivity contribution in [1.29, 1.82) is 0 Å². The van der Waals surface area contributed by atoms with Crippen LogP contribution in [0.1, 0.15) is 0 Å². The van der Waals surface area contributed by atoms with Gasteiger partial charge in [0.15, 0.2) is 0 Å². The number of carboxylic acids is 1. The number of hydrogen-bond acceptors (Lipinski definition) is 4. The molecule has 0 aromatic heterocycles. The fraction of sp³-hybridized carbons (Fsp3) is 0.833. The topological polar surface area (TPSA) is 70.0 Å². The lowest BCUT2D eigenvalue weighted by atomic mass is 9.82. The lowest BCUT2D eigenvalue weighted by molar-refractivity contribution is -0.146. The Bertz CT molecular complexity index is 175. The third kappa shape index (κ3) is 1.97. The molecule has 1 fully saturated rings. The van der Waals surface area contributed by atoms with Crippen molar-refractivity contribution in [2.75, 3.05) is 19.8 Å². The third-order valence-corrected chi connectivity index (χ3v) is 1.93. The smallest absolute Gasteiger partial charge is 0.377 e. The average molecular weight is 173 g/mol. The predicted molar refractivity (Wildman–Crippen MR) is 42.8 cm³/mol. The van der Waals surface area contributed by atoms with E-state index in [0.717, 1.165) is 0 Å². The molecule has 0 saturated carbocycles. The molecule has 1 atom stereocenters. The molecule has 5 nitrogen and oxygen atoms in total. The maximum absolute atomic E-state index is 10.6. The number of ether oxygens (including phenoxy) is 1. The Kier molecular flexibility index (Phi) is 3.08. The number of hydrogen-bond donors (Lipinski definition) is 2. The van der Waals surface area contributed by atoms with Crippen LogP contribution >= 0.6 is 0 Å². The second kappa shape index (κ2) is 3.89. The van der Waals surface area contributed by atoms with Gasteiger partial charge < -0.3 is 19.7 Å². The first-order chi connectivity index (χ1) is 5.63. The maximum atomic E-state index is 10.6. The van der Waals surface area contributed by atoms with Crippen LogP contribution in [-0.4, -0.2) is 53.8 Å². The Balaban J connectivity index is 2.60. The summed E-state index contributed by atoms with van der Waals surface area (Å²) < 4.78 is 4.99. The minimum absolute atomic E-state index is 0.153. The highest BCUT2D eigenvalue weighted by molar-refractivity contribution is 6.45. The maximum Gasteiger partial charge on any atom is 0.377 e. The molecule has 0 bridgehead atoms. The fourth-order valence-corrected chi connectivity index (χ4v) is 1.28. The highest BCUT2D eigenvalue weighted by Crippen LogP contribution is 2.07. The summed E-state index contributed by atoms with van der Waals surface area (Å²) in [6.07, 6.45) is 0. The first kappa shape index (κ1) is 9.50. The van der Waals surface area contributed by atoms with Crippen molar-refractivity contribution < 1.29 is 19.7 Å². The zero-order valence-electron chi connectivity index (χ0n) is 6.93. The van der Waals surface area contributed by atoms with Gasteiger partial charge in [0.2, 0.25) is 0 Å². The van der Waals surface area contributed by atoms with Gasteiger partial charge in [-0.15, -0.1) is 0 Å². The molecular formula is C6H12BNO4. The molecule has 68 valence electrons. The average Bonchev–Trinajstić information content (AvgIpc) is 2.04. The summed E-state index contributed by atoms with van der Waals surface area (Å²) in [5.41, 5.74) is 0. The van der Waals surface area contributed by atoms with Crippen LogP contribution in [0.5, 0.6) is 0 Å². The molecule has 0 aromatic rings. The zero-order chi connectivity index (χ0) is 9.14. The number of carbonyl (C=O) groups is 1. The third-order valence-electron chi connectivity index (χ3n) is 1.93. The van der Waals surface area contributed by atoms with Gasteiger partial charge in [-0.05, 0) is 6.82 Å². The molecule has 2 N–H and O–H groups in total. The summed E-state index contributed by atoms with van der Waals surface area (Å²) in [5.74, 6) is -0.949. The van der Waals surface area contributed by atoms with E-state index in [2.05, 4.69) is 0 Å². The van der Waals surface area contributed by atoms with E-state index in [9.17, 15) is 9.82 Å². The Hall–Kier alpha value is -0.585. The van der Waals surface area contributed by atoms with Gasteiger partial charge in [0.25, 0.3) is 0 Å². The van der Waals surface area contributed by atoms with E-state index < -0.39 is 19.1 Å². The summed E-state index contributed by atoms with van der Waals surface area (Å²) in [6, 6.07) is -0.709. The van der Waals surface area contributed by atoms with Gasteiger partial charge in [0.1, 0.15) is 6.04 Å². The molecule has 0 aliphatic carbocycles. The van der Waals surface area contributed by atoms with Crippen LogP contribution in [0.25, 0.3) is 0 Å². The quantitative estimate of drug-likeness (QED) is 0.517. The summed E-state index contributed by atoms with van der Waals surface area (Å²) in [7, 11) is -0.727. The first-order valence-electron chi connectivity index (χ1n) is 3.87. The van der Waals surface area contributed by atoms with Crippen molar-refractivity contribution >= 4 is 13.0 Å². The van der Waals surface area contributed by atoms with E-state index in [0.29, 0.717) is 13.2 Å². The minimum atomic E-state index is -0.949. The Labute approximate surface area is 71.1 Å². The molecule has 12 heavy (non-hydrogen) atoms. The van der Waals surface area contributed by atoms with E-state index in [-0.39, 0.29) is 6.61 Å². The lowest BCUT2D eigenvalue weighted by Gasteiger charge is -2.33. The van der Waals surface area contributed by atoms with E-state index in [1.54, 1.807) is 6.82 Å². The number of carboxylic acid groups (broad SMARTS) is 1. The zero-order valence-corrected chi connectivity index (χ0v) is 6.93. The van der Waals surface area contributed by atoms with Crippen molar-refractivity contribution in [2.24, 2.45) is 0 Å². The van der Waals surface area contributed by atoms with Crippen LogP contribution in [-0.2, 0) is 9.53 Å². The van der Waals surface area contributed by atoms with Crippen molar-refractivity contribution in [2.45, 2.75) is 12.9 Å². The van der Waals surface area contributed by atoms with Crippen molar-refractivity contribution in [3.8, 4) is 0 Å². The Morgan fingerprint density at radius 2 is 2.42 bits per heavy atom. The second-order valence-corrected chi connectivity index (χ2v) is 2.80.